The van der Waals surface area contributed by atoms with Gasteiger partial charge in [-0.15, -0.1) is 0 Å². The molecule has 0 bridgehead atoms. The summed E-state index contributed by atoms with van der Waals surface area (Å²) in [6, 6.07) is 0. The van der Waals surface area contributed by atoms with E-state index in [-0.39, 0.29) is 0 Å². The summed E-state index contributed by atoms with van der Waals surface area (Å²) in [6.07, 6.45) is 0. The second kappa shape index (κ2) is 2.18. The SMILES string of the molecule is PP1OCCO1. The monoisotopic (exact) mass is 124 g/mol. The summed E-state index contributed by atoms with van der Waals surface area (Å²) in [6.45, 7) is 1.55. The molecule has 0 aromatic heterocycles. The lowest BCUT2D eigenvalue weighted by Crippen LogP contribution is -1.79. The maximum absolute atomic E-state index is 4.96. The topological polar surface area (TPSA) is 18.5 Å². The van der Waals surface area contributed by atoms with Crippen LogP contribution in [-0.4, -0.2) is 13.2 Å². The fraction of sp³-hybridized carbons (Fsp3) is 1.00. The van der Waals surface area contributed by atoms with Crippen LogP contribution in [0.3, 0.4) is 0 Å². The van der Waals surface area contributed by atoms with Crippen LogP contribution in [0.2, 0.25) is 0 Å². The van der Waals surface area contributed by atoms with E-state index in [0.29, 0.717) is 0 Å². The quantitative estimate of drug-likeness (QED) is 0.450. The Bertz CT molecular complexity index is 42.8. The van der Waals surface area contributed by atoms with E-state index in [2.05, 4.69) is 8.93 Å². The van der Waals surface area contributed by atoms with Crippen LogP contribution in [0.1, 0.15) is 0 Å². The first-order valence-corrected chi connectivity index (χ1v) is 4.50. The Morgan fingerprint density at radius 1 is 1.33 bits per heavy atom. The third-order valence-corrected chi connectivity index (χ3v) is 2.29. The Hall–Kier alpha value is 0.780. The van der Waals surface area contributed by atoms with Crippen LogP contribution < -0.4 is 0 Å². The van der Waals surface area contributed by atoms with E-state index in [1.54, 1.807) is 0 Å². The molecule has 1 heterocycles. The molecule has 1 unspecified atom stereocenters. The molecule has 6 heavy (non-hydrogen) atoms. The van der Waals surface area contributed by atoms with Crippen molar-refractivity contribution in [1.82, 2.24) is 0 Å². The van der Waals surface area contributed by atoms with Gasteiger partial charge in [0.2, 0.25) is 0 Å². The first kappa shape index (κ1) is 4.93. The van der Waals surface area contributed by atoms with E-state index in [0.717, 1.165) is 13.2 Å². The zero-order valence-electron chi connectivity index (χ0n) is 3.26. The first-order chi connectivity index (χ1) is 2.89. The van der Waals surface area contributed by atoms with Gasteiger partial charge in [0.15, 0.2) is 8.06 Å². The molecule has 1 saturated heterocycles. The van der Waals surface area contributed by atoms with Crippen molar-refractivity contribution in [1.29, 1.82) is 0 Å². The van der Waals surface area contributed by atoms with Gasteiger partial charge in [0.05, 0.1) is 13.2 Å². The van der Waals surface area contributed by atoms with Gasteiger partial charge in [0.25, 0.3) is 0 Å². The van der Waals surface area contributed by atoms with Gasteiger partial charge in [-0.05, 0) is 0 Å². The lowest BCUT2D eigenvalue weighted by molar-refractivity contribution is 0.365. The predicted molar refractivity (Wildman–Crippen MR) is 28.5 cm³/mol. The normalized spacial score (nSPS) is 25.5. The molecular formula is C2H6O2P2. The van der Waals surface area contributed by atoms with Gasteiger partial charge in [0.1, 0.15) is 0 Å². The molecule has 0 aromatic rings. The molecule has 2 nitrogen and oxygen atoms in total. The van der Waals surface area contributed by atoms with Crippen molar-refractivity contribution in [3.63, 3.8) is 0 Å². The van der Waals surface area contributed by atoms with Gasteiger partial charge in [0, 0.05) is 0 Å². The molecule has 36 valence electrons. The van der Waals surface area contributed by atoms with Crippen LogP contribution in [0, 0.1) is 0 Å². The zero-order chi connectivity index (χ0) is 4.41. The molecule has 0 aliphatic carbocycles. The average molecular weight is 124 g/mol. The van der Waals surface area contributed by atoms with Crippen molar-refractivity contribution in [2.24, 2.45) is 0 Å². The Balaban J connectivity index is 2.18. The maximum Gasteiger partial charge on any atom is 0.188 e. The first-order valence-electron chi connectivity index (χ1n) is 1.70. The summed E-state index contributed by atoms with van der Waals surface area (Å²) in [5.74, 6) is 0. The van der Waals surface area contributed by atoms with Crippen molar-refractivity contribution in [3.8, 4) is 0 Å². The maximum atomic E-state index is 4.96. The highest BCUT2D eigenvalue weighted by Crippen LogP contribution is 2.49. The van der Waals surface area contributed by atoms with Crippen LogP contribution in [0.15, 0.2) is 0 Å². The average Bonchev–Trinajstić information content (AvgIpc) is 1.86. The van der Waals surface area contributed by atoms with Gasteiger partial charge in [-0.1, -0.05) is 8.93 Å². The molecule has 1 aliphatic heterocycles. The summed E-state index contributed by atoms with van der Waals surface area (Å²) in [4.78, 5) is 0. The highest BCUT2D eigenvalue weighted by Gasteiger charge is 2.08. The minimum atomic E-state index is -0.548. The molecule has 1 aliphatic rings. The van der Waals surface area contributed by atoms with E-state index in [1.165, 1.54) is 0 Å². The predicted octanol–water partition coefficient (Wildman–Crippen LogP) is 1.14. The molecule has 1 atom stereocenters. The number of rotatable bonds is 0. The molecule has 0 N–H and O–H groups in total. The highest BCUT2D eigenvalue weighted by atomic mass is 32.0. The van der Waals surface area contributed by atoms with E-state index < -0.39 is 8.06 Å². The fourth-order valence-electron chi connectivity index (χ4n) is 0.292. The van der Waals surface area contributed by atoms with E-state index >= 15 is 0 Å². The fourth-order valence-corrected chi connectivity index (χ4v) is 1.51. The van der Waals surface area contributed by atoms with Crippen LogP contribution in [0.25, 0.3) is 0 Å². The molecule has 0 spiro atoms. The van der Waals surface area contributed by atoms with Crippen molar-refractivity contribution >= 4 is 17.0 Å². The third kappa shape index (κ3) is 1.13. The molecule has 4 heteroatoms. The molecule has 0 saturated carbocycles. The molecule has 0 amide bonds. The third-order valence-electron chi connectivity index (χ3n) is 0.520. The summed E-state index contributed by atoms with van der Waals surface area (Å²) in [7, 11) is 1.94. The van der Waals surface area contributed by atoms with E-state index in [9.17, 15) is 0 Å². The minimum Gasteiger partial charge on any atom is -0.329 e. The van der Waals surface area contributed by atoms with Gasteiger partial charge in [-0.3, -0.25) is 0 Å². The zero-order valence-corrected chi connectivity index (χ0v) is 5.30. The highest BCUT2D eigenvalue weighted by molar-refractivity contribution is 8.08. The van der Waals surface area contributed by atoms with Gasteiger partial charge < -0.3 is 9.05 Å². The van der Waals surface area contributed by atoms with Crippen LogP contribution in [-0.2, 0) is 9.05 Å². The Kier molecular flexibility index (Phi) is 1.79. The van der Waals surface area contributed by atoms with Crippen molar-refractivity contribution in [2.75, 3.05) is 13.2 Å². The van der Waals surface area contributed by atoms with Gasteiger partial charge in [-0.25, -0.2) is 0 Å². The van der Waals surface area contributed by atoms with Gasteiger partial charge in [-0.2, -0.15) is 0 Å². The molecule has 1 fully saturated rings. The largest absolute Gasteiger partial charge is 0.329 e. The summed E-state index contributed by atoms with van der Waals surface area (Å²) >= 11 is 0. The lowest BCUT2D eigenvalue weighted by atomic mass is 10.8. The van der Waals surface area contributed by atoms with Crippen LogP contribution >= 0.6 is 17.0 Å². The van der Waals surface area contributed by atoms with E-state index in [4.69, 9.17) is 9.05 Å². The van der Waals surface area contributed by atoms with Crippen molar-refractivity contribution in [2.45, 2.75) is 0 Å². The smallest absolute Gasteiger partial charge is 0.188 e. The Labute approximate surface area is 40.2 Å². The molecular weight excluding hydrogens is 118 g/mol. The van der Waals surface area contributed by atoms with Gasteiger partial charge >= 0.3 is 0 Å². The number of hydrogen-bond acceptors (Lipinski definition) is 2. The van der Waals surface area contributed by atoms with Crippen molar-refractivity contribution in [3.05, 3.63) is 0 Å². The van der Waals surface area contributed by atoms with Crippen LogP contribution in [0.5, 0.6) is 0 Å². The number of hydrogen-bond donors (Lipinski definition) is 0. The summed E-state index contributed by atoms with van der Waals surface area (Å²) in [5.41, 5.74) is 0. The molecule has 1 rings (SSSR count). The second-order valence-electron chi connectivity index (χ2n) is 0.952. The lowest BCUT2D eigenvalue weighted by Gasteiger charge is -1.93. The Morgan fingerprint density at radius 3 is 2.00 bits per heavy atom. The van der Waals surface area contributed by atoms with Crippen molar-refractivity contribution < 1.29 is 9.05 Å². The molecule has 0 aromatic carbocycles. The summed E-state index contributed by atoms with van der Waals surface area (Å²) < 4.78 is 9.92. The van der Waals surface area contributed by atoms with E-state index in [1.807, 2.05) is 0 Å². The minimum absolute atomic E-state index is 0.548. The molecule has 0 radical (unpaired) electrons. The Morgan fingerprint density at radius 2 is 1.83 bits per heavy atom. The summed E-state index contributed by atoms with van der Waals surface area (Å²) in [5, 5.41) is 0. The standard InChI is InChI=1S/C2H6O2P2/c5-6-3-1-2-4-6/h1-2,5H2. The second-order valence-corrected chi connectivity index (χ2v) is 3.30. The van der Waals surface area contributed by atoms with Crippen LogP contribution in [0.4, 0.5) is 0 Å².